The molecule has 4 saturated carbocycles. The number of benzene rings is 1. The Morgan fingerprint density at radius 3 is 2.17 bits per heavy atom. The number of fused-ring (bicyclic) bond motifs is 2. The van der Waals surface area contributed by atoms with Gasteiger partial charge in [0.25, 0.3) is 5.79 Å². The average molecular weight is 328 g/mol. The van der Waals surface area contributed by atoms with Crippen molar-refractivity contribution in [1.29, 1.82) is 0 Å². The summed E-state index contributed by atoms with van der Waals surface area (Å²) in [5.41, 5.74) is 1.29. The van der Waals surface area contributed by atoms with Crippen LogP contribution in [0.5, 0.6) is 5.75 Å². The summed E-state index contributed by atoms with van der Waals surface area (Å²) in [5.74, 6) is 2.16. The lowest BCUT2D eigenvalue weighted by molar-refractivity contribution is -0.651. The van der Waals surface area contributed by atoms with Gasteiger partial charge in [0, 0.05) is 5.56 Å². The Bertz CT molecular complexity index is 711. The fourth-order valence-corrected chi connectivity index (χ4v) is 6.92. The molecule has 7 rings (SSSR count). The Balaban J connectivity index is 1.55. The molecule has 2 spiro atoms. The maximum atomic E-state index is 10.1. The molecule has 1 unspecified atom stereocenters. The van der Waals surface area contributed by atoms with Crippen molar-refractivity contribution < 1.29 is 19.6 Å². The van der Waals surface area contributed by atoms with Crippen LogP contribution in [0.1, 0.15) is 57.1 Å². The molecule has 4 nitrogen and oxygen atoms in total. The van der Waals surface area contributed by atoms with E-state index in [1.54, 1.807) is 6.07 Å². The van der Waals surface area contributed by atoms with E-state index in [2.05, 4.69) is 13.8 Å². The fourth-order valence-electron chi connectivity index (χ4n) is 6.92. The molecule has 4 bridgehead atoms. The van der Waals surface area contributed by atoms with Crippen LogP contribution in [0.15, 0.2) is 18.2 Å². The number of phenolic OH excluding ortho intramolecular Hbond substituents is 1. The van der Waals surface area contributed by atoms with E-state index < -0.39 is 11.4 Å². The highest BCUT2D eigenvalue weighted by Crippen LogP contribution is 2.72. The third-order valence-corrected chi connectivity index (χ3v) is 7.57. The summed E-state index contributed by atoms with van der Waals surface area (Å²) >= 11 is 0. The molecule has 0 aromatic heterocycles. The maximum absolute atomic E-state index is 10.1. The number of ether oxygens (including phenoxy) is 1. The van der Waals surface area contributed by atoms with Crippen LogP contribution in [0, 0.1) is 23.7 Å². The van der Waals surface area contributed by atoms with Gasteiger partial charge in [0.05, 0.1) is 5.60 Å². The summed E-state index contributed by atoms with van der Waals surface area (Å²) < 4.78 is 6.62. The van der Waals surface area contributed by atoms with E-state index in [9.17, 15) is 5.11 Å². The Morgan fingerprint density at radius 2 is 1.58 bits per heavy atom. The molecular formula is C20H24O4. The zero-order valence-corrected chi connectivity index (χ0v) is 14.2. The first-order valence-corrected chi connectivity index (χ1v) is 9.35. The monoisotopic (exact) mass is 328 g/mol. The van der Waals surface area contributed by atoms with Gasteiger partial charge in [-0.05, 0) is 87.3 Å². The number of hydrogen-bond acceptors (Lipinski definition) is 4. The van der Waals surface area contributed by atoms with Crippen LogP contribution < -0.4 is 0 Å². The van der Waals surface area contributed by atoms with Crippen molar-refractivity contribution in [3.8, 4) is 5.75 Å². The second kappa shape index (κ2) is 4.00. The number of aromatic hydroxyl groups is 1. The smallest absolute Gasteiger partial charge is 0.262 e. The summed E-state index contributed by atoms with van der Waals surface area (Å²) in [6.07, 6.45) is 6.33. The van der Waals surface area contributed by atoms with Crippen LogP contribution in [-0.2, 0) is 25.9 Å². The van der Waals surface area contributed by atoms with Crippen LogP contribution >= 0.6 is 0 Å². The van der Waals surface area contributed by atoms with Crippen LogP contribution in [0.2, 0.25) is 0 Å². The van der Waals surface area contributed by atoms with E-state index in [-0.39, 0.29) is 11.4 Å². The van der Waals surface area contributed by atoms with E-state index in [0.717, 1.165) is 23.0 Å². The van der Waals surface area contributed by atoms with Crippen molar-refractivity contribution in [2.75, 3.05) is 0 Å². The van der Waals surface area contributed by atoms with Crippen molar-refractivity contribution in [3.05, 3.63) is 29.3 Å². The lowest BCUT2D eigenvalue weighted by atomic mass is 9.47. The second-order valence-electron chi connectivity index (χ2n) is 9.22. The Hall–Kier alpha value is -1.10. The van der Waals surface area contributed by atoms with Gasteiger partial charge in [0.1, 0.15) is 5.75 Å². The zero-order chi connectivity index (χ0) is 16.3. The summed E-state index contributed by atoms with van der Waals surface area (Å²) in [7, 11) is 0. The molecule has 1 N–H and O–H groups in total. The Morgan fingerprint density at radius 1 is 0.917 bits per heavy atom. The summed E-state index contributed by atoms with van der Waals surface area (Å²) in [6, 6.07) is 5.55. The highest BCUT2D eigenvalue weighted by atomic mass is 17.3. The first-order valence-electron chi connectivity index (χ1n) is 9.35. The number of rotatable bonds is 0. The van der Waals surface area contributed by atoms with Gasteiger partial charge in [-0.2, -0.15) is 4.89 Å². The first kappa shape index (κ1) is 14.1. The third kappa shape index (κ3) is 1.36. The van der Waals surface area contributed by atoms with Crippen LogP contribution in [0.25, 0.3) is 0 Å². The minimum atomic E-state index is -0.840. The van der Waals surface area contributed by atoms with Gasteiger partial charge < -0.3 is 9.84 Å². The third-order valence-electron chi connectivity index (χ3n) is 7.57. The van der Waals surface area contributed by atoms with E-state index in [1.165, 1.54) is 32.1 Å². The van der Waals surface area contributed by atoms with Gasteiger partial charge in [-0.3, -0.25) is 0 Å². The van der Waals surface area contributed by atoms with E-state index in [1.807, 2.05) is 12.1 Å². The Kier molecular flexibility index (Phi) is 2.35. The van der Waals surface area contributed by atoms with Gasteiger partial charge in [0.15, 0.2) is 5.60 Å². The minimum absolute atomic E-state index is 0.267. The molecule has 6 aliphatic rings. The molecule has 5 fully saturated rings. The number of hydrogen-bond donors (Lipinski definition) is 1. The molecule has 128 valence electrons. The first-order chi connectivity index (χ1) is 11.4. The van der Waals surface area contributed by atoms with E-state index in [0.29, 0.717) is 11.8 Å². The van der Waals surface area contributed by atoms with Crippen molar-refractivity contribution in [2.24, 2.45) is 23.7 Å². The largest absolute Gasteiger partial charge is 0.508 e. The van der Waals surface area contributed by atoms with Crippen molar-refractivity contribution in [3.63, 3.8) is 0 Å². The molecule has 1 aromatic rings. The highest BCUT2D eigenvalue weighted by Gasteiger charge is 2.79. The lowest BCUT2D eigenvalue weighted by Gasteiger charge is -2.68. The second-order valence-corrected chi connectivity index (χ2v) is 9.22. The van der Waals surface area contributed by atoms with Gasteiger partial charge >= 0.3 is 0 Å². The van der Waals surface area contributed by atoms with Gasteiger partial charge in [0.2, 0.25) is 0 Å². The van der Waals surface area contributed by atoms with Crippen LogP contribution in [0.4, 0.5) is 0 Å². The minimum Gasteiger partial charge on any atom is -0.508 e. The zero-order valence-electron chi connectivity index (χ0n) is 14.2. The molecule has 1 saturated heterocycles. The lowest BCUT2D eigenvalue weighted by Crippen LogP contribution is -2.76. The maximum Gasteiger partial charge on any atom is 0.262 e. The molecule has 0 amide bonds. The molecule has 4 heteroatoms. The molecule has 1 atom stereocenters. The number of phenols is 1. The predicted octanol–water partition coefficient (Wildman–Crippen LogP) is 3.97. The molecule has 24 heavy (non-hydrogen) atoms. The van der Waals surface area contributed by atoms with Gasteiger partial charge in [-0.1, -0.05) is 6.07 Å². The molecule has 0 radical (unpaired) electrons. The van der Waals surface area contributed by atoms with Gasteiger partial charge in [-0.25, -0.2) is 4.89 Å². The van der Waals surface area contributed by atoms with E-state index >= 15 is 0 Å². The SMILES string of the molecule is CC1(C)OC2(OOC23C2CC4CC(C2)CC3C4)c2cc(O)ccc21. The van der Waals surface area contributed by atoms with Crippen LogP contribution in [0.3, 0.4) is 0 Å². The van der Waals surface area contributed by atoms with Crippen molar-refractivity contribution in [1.82, 2.24) is 0 Å². The molecule has 2 heterocycles. The Labute approximate surface area is 142 Å². The highest BCUT2D eigenvalue weighted by molar-refractivity contribution is 5.47. The van der Waals surface area contributed by atoms with Crippen molar-refractivity contribution >= 4 is 0 Å². The van der Waals surface area contributed by atoms with Crippen LogP contribution in [-0.4, -0.2) is 10.7 Å². The standard InChI is InChI=1S/C20H24O4/c1-18(2)16-4-3-15(21)10-17(16)20(22-18)19(23-24-20)13-6-11-5-12(8-13)9-14(19)7-11/h3-4,10-14,21H,5-9H2,1-2H3. The summed E-state index contributed by atoms with van der Waals surface area (Å²) in [4.78, 5) is 11.9. The quantitative estimate of drug-likeness (QED) is 0.732. The molecular weight excluding hydrogens is 304 g/mol. The molecule has 2 aliphatic heterocycles. The summed E-state index contributed by atoms with van der Waals surface area (Å²) in [6.45, 7) is 4.17. The van der Waals surface area contributed by atoms with Crippen molar-refractivity contribution in [2.45, 2.75) is 62.9 Å². The fraction of sp³-hybridized carbons (Fsp3) is 0.700. The average Bonchev–Trinajstić information content (AvgIpc) is 2.75. The summed E-state index contributed by atoms with van der Waals surface area (Å²) in [5, 5.41) is 10.1. The predicted molar refractivity (Wildman–Crippen MR) is 85.8 cm³/mol. The normalized spacial score (nSPS) is 49.6. The van der Waals surface area contributed by atoms with E-state index in [4.69, 9.17) is 14.5 Å². The topological polar surface area (TPSA) is 47.9 Å². The molecule has 1 aromatic carbocycles. The molecule has 4 aliphatic carbocycles. The van der Waals surface area contributed by atoms with Gasteiger partial charge in [-0.15, -0.1) is 0 Å².